The van der Waals surface area contributed by atoms with Gasteiger partial charge in [0, 0.05) is 17.1 Å². The lowest BCUT2D eigenvalue weighted by Gasteiger charge is -2.33. The molecule has 2 nitrogen and oxygen atoms in total. The Labute approximate surface area is 124 Å². The van der Waals surface area contributed by atoms with E-state index in [1.165, 1.54) is 50.2 Å². The van der Waals surface area contributed by atoms with Crippen LogP contribution in [-0.2, 0) is 0 Å². The van der Waals surface area contributed by atoms with Crippen molar-refractivity contribution in [2.45, 2.75) is 50.0 Å². The Morgan fingerprint density at radius 1 is 1.10 bits per heavy atom. The maximum atomic E-state index is 13.6. The molecule has 0 radical (unpaired) electrons. The van der Waals surface area contributed by atoms with Crippen molar-refractivity contribution in [3.05, 3.63) is 41.8 Å². The van der Waals surface area contributed by atoms with Gasteiger partial charge in [0.25, 0.3) is 0 Å². The zero-order valence-electron chi connectivity index (χ0n) is 12.2. The summed E-state index contributed by atoms with van der Waals surface area (Å²) in [5, 5.41) is 0.981. The number of halogens is 1. The second-order valence-corrected chi connectivity index (χ2v) is 6.84. The van der Waals surface area contributed by atoms with Crippen LogP contribution in [0.3, 0.4) is 0 Å². The van der Waals surface area contributed by atoms with E-state index in [4.69, 9.17) is 5.73 Å². The third-order valence-electron chi connectivity index (χ3n) is 5.54. The van der Waals surface area contributed by atoms with Gasteiger partial charge in [-0.05, 0) is 80.2 Å². The van der Waals surface area contributed by atoms with E-state index in [1.807, 2.05) is 6.20 Å². The van der Waals surface area contributed by atoms with Gasteiger partial charge in [-0.2, -0.15) is 0 Å². The van der Waals surface area contributed by atoms with Crippen molar-refractivity contribution in [1.82, 2.24) is 4.98 Å². The zero-order valence-corrected chi connectivity index (χ0v) is 12.2. The highest BCUT2D eigenvalue weighted by Crippen LogP contribution is 2.49. The van der Waals surface area contributed by atoms with Gasteiger partial charge in [0.05, 0.1) is 5.52 Å². The quantitative estimate of drug-likeness (QED) is 0.900. The number of hydrogen-bond donors (Lipinski definition) is 1. The molecular weight excluding hydrogens is 263 g/mol. The van der Waals surface area contributed by atoms with Crippen molar-refractivity contribution in [1.29, 1.82) is 0 Å². The van der Waals surface area contributed by atoms with E-state index in [-0.39, 0.29) is 11.4 Å². The molecule has 110 valence electrons. The van der Waals surface area contributed by atoms with E-state index >= 15 is 0 Å². The summed E-state index contributed by atoms with van der Waals surface area (Å²) in [7, 11) is 0. The molecule has 1 heterocycles. The minimum atomic E-state index is -0.177. The number of benzene rings is 1. The van der Waals surface area contributed by atoms with Gasteiger partial charge >= 0.3 is 0 Å². The molecule has 3 heteroatoms. The van der Waals surface area contributed by atoms with E-state index < -0.39 is 0 Å². The number of nitrogens with two attached hydrogens (primary N) is 1. The first-order chi connectivity index (χ1) is 10.2. The fourth-order valence-corrected chi connectivity index (χ4v) is 4.03. The van der Waals surface area contributed by atoms with Gasteiger partial charge in [0.2, 0.25) is 0 Å². The highest BCUT2D eigenvalue weighted by atomic mass is 19.1. The number of pyridine rings is 1. The summed E-state index contributed by atoms with van der Waals surface area (Å²) in [5.74, 6) is 1.04. The first-order valence-electron chi connectivity index (χ1n) is 7.99. The third-order valence-corrected chi connectivity index (χ3v) is 5.54. The summed E-state index contributed by atoms with van der Waals surface area (Å²) < 4.78 is 13.6. The second-order valence-electron chi connectivity index (χ2n) is 6.84. The van der Waals surface area contributed by atoms with Crippen LogP contribution in [0.4, 0.5) is 4.39 Å². The van der Waals surface area contributed by atoms with Crippen molar-refractivity contribution in [2.75, 3.05) is 0 Å². The lowest BCUT2D eigenvalue weighted by molar-refractivity contribution is 0.270. The first kappa shape index (κ1) is 13.2. The molecule has 2 aromatic rings. The molecule has 2 saturated carbocycles. The van der Waals surface area contributed by atoms with Crippen molar-refractivity contribution in [3.63, 3.8) is 0 Å². The summed E-state index contributed by atoms with van der Waals surface area (Å²) in [6, 6.07) is 6.97. The monoisotopic (exact) mass is 284 g/mol. The van der Waals surface area contributed by atoms with Gasteiger partial charge in [0.15, 0.2) is 0 Å². The first-order valence-corrected chi connectivity index (χ1v) is 7.99. The average Bonchev–Trinajstić information content (AvgIpc) is 3.26. The molecule has 4 rings (SSSR count). The predicted octanol–water partition coefficient (Wildman–Crippen LogP) is 4.14. The Hall–Kier alpha value is -1.48. The highest BCUT2D eigenvalue weighted by Gasteiger charge is 2.46. The minimum absolute atomic E-state index is 0.150. The van der Waals surface area contributed by atoms with Gasteiger partial charge in [-0.3, -0.25) is 4.98 Å². The lowest BCUT2D eigenvalue weighted by Crippen LogP contribution is -2.34. The second kappa shape index (κ2) is 4.77. The van der Waals surface area contributed by atoms with E-state index in [1.54, 1.807) is 12.1 Å². The maximum Gasteiger partial charge on any atom is 0.123 e. The van der Waals surface area contributed by atoms with Gasteiger partial charge in [-0.25, -0.2) is 4.39 Å². The van der Waals surface area contributed by atoms with Crippen LogP contribution in [0.15, 0.2) is 30.5 Å². The van der Waals surface area contributed by atoms with Crippen LogP contribution < -0.4 is 5.73 Å². The maximum absolute atomic E-state index is 13.6. The molecule has 0 spiro atoms. The van der Waals surface area contributed by atoms with Gasteiger partial charge in [-0.1, -0.05) is 0 Å². The Balaban J connectivity index is 1.61. The molecule has 0 unspecified atom stereocenters. The van der Waals surface area contributed by atoms with Crippen LogP contribution in [-0.4, -0.2) is 10.5 Å². The van der Waals surface area contributed by atoms with Crippen molar-refractivity contribution >= 4 is 10.9 Å². The number of fused-ring (bicyclic) bond motifs is 1. The van der Waals surface area contributed by atoms with Crippen molar-refractivity contribution < 1.29 is 4.39 Å². The summed E-state index contributed by atoms with van der Waals surface area (Å²) in [6.45, 7) is 0. The molecule has 0 atom stereocenters. The van der Waals surface area contributed by atoms with Crippen LogP contribution >= 0.6 is 0 Å². The van der Waals surface area contributed by atoms with Gasteiger partial charge in [-0.15, -0.1) is 0 Å². The largest absolute Gasteiger partial charge is 0.325 e. The van der Waals surface area contributed by atoms with Crippen molar-refractivity contribution in [3.8, 4) is 0 Å². The molecule has 0 amide bonds. The van der Waals surface area contributed by atoms with E-state index in [2.05, 4.69) is 11.1 Å². The fourth-order valence-electron chi connectivity index (χ4n) is 4.03. The summed E-state index contributed by atoms with van der Waals surface area (Å²) in [6.07, 6.45) is 9.00. The summed E-state index contributed by atoms with van der Waals surface area (Å²) >= 11 is 0. The highest BCUT2D eigenvalue weighted by molar-refractivity contribution is 5.82. The molecule has 1 aromatic heterocycles. The lowest BCUT2D eigenvalue weighted by atomic mass is 9.74. The third kappa shape index (κ3) is 2.34. The number of nitrogens with zero attached hydrogens (tertiary/aromatic N) is 1. The van der Waals surface area contributed by atoms with Crippen LogP contribution in [0.1, 0.15) is 50.0 Å². The SMILES string of the molecule is NC1([C@H]2CC[C@@H](c3ccnc4ccc(F)cc43)CC2)CC1. The van der Waals surface area contributed by atoms with Crippen LogP contribution in [0, 0.1) is 11.7 Å². The van der Waals surface area contributed by atoms with Gasteiger partial charge in [0.1, 0.15) is 5.82 Å². The smallest absolute Gasteiger partial charge is 0.123 e. The summed E-state index contributed by atoms with van der Waals surface area (Å²) in [5.41, 5.74) is 8.67. The Morgan fingerprint density at radius 3 is 2.57 bits per heavy atom. The number of hydrogen-bond acceptors (Lipinski definition) is 2. The average molecular weight is 284 g/mol. The number of aromatic nitrogens is 1. The minimum Gasteiger partial charge on any atom is -0.325 e. The topological polar surface area (TPSA) is 38.9 Å². The van der Waals surface area contributed by atoms with Crippen LogP contribution in [0.25, 0.3) is 10.9 Å². The van der Waals surface area contributed by atoms with Crippen LogP contribution in [0.5, 0.6) is 0 Å². The molecule has 0 saturated heterocycles. The molecular formula is C18H21FN2. The standard InChI is InChI=1S/C18H21FN2/c19-14-5-6-17-16(11-14)15(7-10-21-17)12-1-3-13(4-2-12)18(20)8-9-18/h5-7,10-13H,1-4,8-9,20H2/t12-,13+. The van der Waals surface area contributed by atoms with Crippen molar-refractivity contribution in [2.24, 2.45) is 11.7 Å². The summed E-state index contributed by atoms with van der Waals surface area (Å²) in [4.78, 5) is 4.36. The van der Waals surface area contributed by atoms with Crippen LogP contribution in [0.2, 0.25) is 0 Å². The molecule has 0 aliphatic heterocycles. The van der Waals surface area contributed by atoms with E-state index in [0.717, 1.165) is 10.9 Å². The normalized spacial score (nSPS) is 27.7. The predicted molar refractivity (Wildman–Crippen MR) is 82.6 cm³/mol. The Kier molecular flexibility index (Phi) is 3.00. The molecule has 1 aromatic carbocycles. The molecule has 2 fully saturated rings. The van der Waals surface area contributed by atoms with E-state index in [9.17, 15) is 4.39 Å². The Bertz CT molecular complexity index is 670. The fraction of sp³-hybridized carbons (Fsp3) is 0.500. The van der Waals surface area contributed by atoms with E-state index in [0.29, 0.717) is 11.8 Å². The Morgan fingerprint density at radius 2 is 1.86 bits per heavy atom. The molecule has 2 aliphatic rings. The zero-order chi connectivity index (χ0) is 14.4. The molecule has 2 N–H and O–H groups in total. The molecule has 2 aliphatic carbocycles. The molecule has 0 bridgehead atoms. The van der Waals surface area contributed by atoms with Gasteiger partial charge < -0.3 is 5.73 Å². The number of rotatable bonds is 2. The molecule has 21 heavy (non-hydrogen) atoms.